The molecule has 1 N–H and O–H groups in total. The first kappa shape index (κ1) is 18.3. The largest absolute Gasteiger partial charge is 0.491 e. The monoisotopic (exact) mass is 345 g/mol. The van der Waals surface area contributed by atoms with E-state index in [0.29, 0.717) is 24.6 Å². The molecule has 0 saturated heterocycles. The van der Waals surface area contributed by atoms with E-state index in [1.54, 1.807) is 12.1 Å². The lowest BCUT2D eigenvalue weighted by molar-refractivity contribution is -0.120. The molecule has 4 heteroatoms. The maximum absolute atomic E-state index is 12.0. The van der Waals surface area contributed by atoms with Crippen LogP contribution < -0.4 is 10.1 Å². The van der Waals surface area contributed by atoms with Gasteiger partial charge in [-0.2, -0.15) is 0 Å². The Kier molecular flexibility index (Phi) is 6.27. The molecule has 2 rings (SSSR count). The summed E-state index contributed by atoms with van der Waals surface area (Å²) >= 11 is 5.92. The van der Waals surface area contributed by atoms with Gasteiger partial charge in [-0.25, -0.2) is 0 Å². The summed E-state index contributed by atoms with van der Waals surface area (Å²) in [5, 5.41) is 3.51. The zero-order valence-electron chi connectivity index (χ0n) is 14.4. The number of hydrogen-bond donors (Lipinski definition) is 1. The van der Waals surface area contributed by atoms with Crippen LogP contribution in [0.15, 0.2) is 48.5 Å². The second-order valence-electron chi connectivity index (χ2n) is 6.75. The second-order valence-corrected chi connectivity index (χ2v) is 7.19. The van der Waals surface area contributed by atoms with E-state index in [0.717, 1.165) is 16.9 Å². The van der Waals surface area contributed by atoms with Crippen LogP contribution >= 0.6 is 11.6 Å². The third kappa shape index (κ3) is 5.57. The van der Waals surface area contributed by atoms with Crippen molar-refractivity contribution in [1.29, 1.82) is 0 Å². The molecule has 0 saturated carbocycles. The van der Waals surface area contributed by atoms with Crippen LogP contribution in [0.5, 0.6) is 5.75 Å². The number of carbonyl (C=O) groups excluding carboxylic acids is 1. The first-order valence-electron chi connectivity index (χ1n) is 8.10. The molecule has 0 radical (unpaired) electrons. The molecule has 2 aromatic carbocycles. The van der Waals surface area contributed by atoms with Gasteiger partial charge in [0.25, 0.3) is 0 Å². The van der Waals surface area contributed by atoms with Crippen molar-refractivity contribution >= 4 is 17.5 Å². The van der Waals surface area contributed by atoms with Crippen LogP contribution in [0.25, 0.3) is 0 Å². The van der Waals surface area contributed by atoms with Crippen molar-refractivity contribution in [3.8, 4) is 5.75 Å². The average molecular weight is 346 g/mol. The number of hydrogen-bond acceptors (Lipinski definition) is 2. The van der Waals surface area contributed by atoms with Crippen LogP contribution in [0.4, 0.5) is 0 Å². The highest BCUT2D eigenvalue weighted by Gasteiger charge is 2.18. The SMILES string of the molecule is CC(C)(C)c1ccccc1OCCNC(=O)Cc1cccc(Cl)c1. The predicted octanol–water partition coefficient (Wildman–Crippen LogP) is 4.38. The Hall–Kier alpha value is -2.00. The highest BCUT2D eigenvalue weighted by atomic mass is 35.5. The zero-order chi connectivity index (χ0) is 17.6. The minimum Gasteiger partial charge on any atom is -0.491 e. The molecule has 0 aliphatic heterocycles. The summed E-state index contributed by atoms with van der Waals surface area (Å²) in [6.45, 7) is 7.37. The number of nitrogens with one attached hydrogen (secondary N) is 1. The van der Waals surface area contributed by atoms with Gasteiger partial charge in [0.05, 0.1) is 13.0 Å². The normalized spacial score (nSPS) is 11.2. The average Bonchev–Trinajstić information content (AvgIpc) is 2.51. The molecule has 128 valence electrons. The molecular formula is C20H24ClNO2. The van der Waals surface area contributed by atoms with Crippen molar-refractivity contribution < 1.29 is 9.53 Å². The standard InChI is InChI=1S/C20H24ClNO2/c1-20(2,3)17-9-4-5-10-18(17)24-12-11-22-19(23)14-15-7-6-8-16(21)13-15/h4-10,13H,11-12,14H2,1-3H3,(H,22,23). The van der Waals surface area contributed by atoms with Crippen LogP contribution in [0, 0.1) is 0 Å². The molecule has 0 aromatic heterocycles. The van der Waals surface area contributed by atoms with Gasteiger partial charge >= 0.3 is 0 Å². The molecule has 0 aliphatic carbocycles. The van der Waals surface area contributed by atoms with Gasteiger partial charge in [-0.05, 0) is 34.7 Å². The topological polar surface area (TPSA) is 38.3 Å². The molecule has 2 aromatic rings. The van der Waals surface area contributed by atoms with Crippen LogP contribution in [-0.2, 0) is 16.6 Å². The van der Waals surface area contributed by atoms with Gasteiger partial charge in [0, 0.05) is 5.02 Å². The Morgan fingerprint density at radius 2 is 1.88 bits per heavy atom. The van der Waals surface area contributed by atoms with Gasteiger partial charge in [-0.3, -0.25) is 4.79 Å². The Labute approximate surface area is 149 Å². The molecule has 3 nitrogen and oxygen atoms in total. The summed E-state index contributed by atoms with van der Waals surface area (Å²) in [7, 11) is 0. The third-order valence-electron chi connectivity index (χ3n) is 3.63. The van der Waals surface area contributed by atoms with E-state index in [-0.39, 0.29) is 11.3 Å². The third-order valence-corrected chi connectivity index (χ3v) is 3.87. The van der Waals surface area contributed by atoms with Crippen molar-refractivity contribution in [3.05, 3.63) is 64.7 Å². The van der Waals surface area contributed by atoms with E-state index in [1.165, 1.54) is 0 Å². The van der Waals surface area contributed by atoms with Gasteiger partial charge in [-0.1, -0.05) is 62.7 Å². The molecule has 24 heavy (non-hydrogen) atoms. The predicted molar refractivity (Wildman–Crippen MR) is 98.8 cm³/mol. The van der Waals surface area contributed by atoms with Gasteiger partial charge < -0.3 is 10.1 Å². The lowest BCUT2D eigenvalue weighted by Gasteiger charge is -2.22. The first-order valence-corrected chi connectivity index (χ1v) is 8.47. The van der Waals surface area contributed by atoms with Gasteiger partial charge in [0.2, 0.25) is 5.91 Å². The highest BCUT2D eigenvalue weighted by molar-refractivity contribution is 6.30. The summed E-state index contributed by atoms with van der Waals surface area (Å²) in [5.41, 5.74) is 2.08. The minimum absolute atomic E-state index is 0.0203. The van der Waals surface area contributed by atoms with Crippen molar-refractivity contribution in [1.82, 2.24) is 5.32 Å². The number of amides is 1. The first-order chi connectivity index (χ1) is 11.4. The van der Waals surface area contributed by atoms with Crippen LogP contribution in [0.1, 0.15) is 31.9 Å². The molecule has 0 heterocycles. The van der Waals surface area contributed by atoms with Crippen molar-refractivity contribution in [2.24, 2.45) is 0 Å². The summed E-state index contributed by atoms with van der Waals surface area (Å²) < 4.78 is 5.85. The van der Waals surface area contributed by atoms with Gasteiger partial charge in [0.15, 0.2) is 0 Å². The molecule has 0 fully saturated rings. The molecular weight excluding hydrogens is 322 g/mol. The van der Waals surface area contributed by atoms with E-state index in [4.69, 9.17) is 16.3 Å². The molecule has 1 amide bonds. The molecule has 0 atom stereocenters. The molecule has 0 spiro atoms. The fraction of sp³-hybridized carbons (Fsp3) is 0.350. The van der Waals surface area contributed by atoms with Gasteiger partial charge in [-0.15, -0.1) is 0 Å². The number of carbonyl (C=O) groups is 1. The summed E-state index contributed by atoms with van der Waals surface area (Å²) in [6, 6.07) is 15.4. The van der Waals surface area contributed by atoms with Crippen molar-refractivity contribution in [2.75, 3.05) is 13.2 Å². The maximum Gasteiger partial charge on any atom is 0.224 e. The molecule has 0 unspecified atom stereocenters. The van der Waals surface area contributed by atoms with E-state index < -0.39 is 0 Å². The fourth-order valence-corrected chi connectivity index (χ4v) is 2.67. The van der Waals surface area contributed by atoms with E-state index >= 15 is 0 Å². The Bertz CT molecular complexity index is 692. The molecule has 0 aliphatic rings. The Balaban J connectivity index is 1.80. The number of para-hydroxylation sites is 1. The molecule has 0 bridgehead atoms. The van der Waals surface area contributed by atoms with Gasteiger partial charge in [0.1, 0.15) is 12.4 Å². The summed E-state index contributed by atoms with van der Waals surface area (Å²) in [5.74, 6) is 0.832. The number of rotatable bonds is 6. The summed E-state index contributed by atoms with van der Waals surface area (Å²) in [6.07, 6.45) is 0.319. The lowest BCUT2D eigenvalue weighted by atomic mass is 9.86. The number of benzene rings is 2. The van der Waals surface area contributed by atoms with Crippen LogP contribution in [0.3, 0.4) is 0 Å². The van der Waals surface area contributed by atoms with Crippen molar-refractivity contribution in [2.45, 2.75) is 32.6 Å². The quantitative estimate of drug-likeness (QED) is 0.789. The van der Waals surface area contributed by atoms with E-state index in [1.807, 2.05) is 30.3 Å². The Morgan fingerprint density at radius 1 is 1.12 bits per heavy atom. The smallest absolute Gasteiger partial charge is 0.224 e. The lowest BCUT2D eigenvalue weighted by Crippen LogP contribution is -2.29. The number of halogens is 1. The highest BCUT2D eigenvalue weighted by Crippen LogP contribution is 2.30. The number of ether oxygens (including phenoxy) is 1. The van der Waals surface area contributed by atoms with Crippen LogP contribution in [0.2, 0.25) is 5.02 Å². The Morgan fingerprint density at radius 3 is 2.58 bits per heavy atom. The van der Waals surface area contributed by atoms with Crippen LogP contribution in [-0.4, -0.2) is 19.1 Å². The van der Waals surface area contributed by atoms with E-state index in [2.05, 4.69) is 32.2 Å². The minimum atomic E-state index is -0.0371. The van der Waals surface area contributed by atoms with E-state index in [9.17, 15) is 4.79 Å². The van der Waals surface area contributed by atoms with Crippen molar-refractivity contribution in [3.63, 3.8) is 0 Å². The second kappa shape index (κ2) is 8.20. The summed E-state index contributed by atoms with van der Waals surface area (Å²) in [4.78, 5) is 12.0. The maximum atomic E-state index is 12.0. The zero-order valence-corrected chi connectivity index (χ0v) is 15.2. The fourth-order valence-electron chi connectivity index (χ4n) is 2.46.